The Morgan fingerprint density at radius 3 is 2.79 bits per heavy atom. The van der Waals surface area contributed by atoms with Crippen LogP contribution in [0.3, 0.4) is 0 Å². The highest BCUT2D eigenvalue weighted by Crippen LogP contribution is 2.22. The third-order valence-corrected chi connectivity index (χ3v) is 2.96. The lowest BCUT2D eigenvalue weighted by Crippen LogP contribution is -2.04. The highest BCUT2D eigenvalue weighted by Gasteiger charge is 2.08. The first-order valence-corrected chi connectivity index (χ1v) is 4.95. The van der Waals surface area contributed by atoms with Gasteiger partial charge in [0.1, 0.15) is 0 Å². The lowest BCUT2D eigenvalue weighted by Gasteiger charge is -2.02. The van der Waals surface area contributed by atoms with E-state index in [0.717, 1.165) is 10.0 Å². The van der Waals surface area contributed by atoms with Crippen molar-refractivity contribution in [2.75, 3.05) is 0 Å². The molecule has 0 unspecified atom stereocenters. The van der Waals surface area contributed by atoms with Crippen LogP contribution in [0.5, 0.6) is 0 Å². The number of rotatable bonds is 0. The predicted octanol–water partition coefficient (Wildman–Crippen LogP) is 2.57. The summed E-state index contributed by atoms with van der Waals surface area (Å²) in [5.41, 5.74) is 1.22. The maximum Gasteiger partial charge on any atom is 0.347 e. The summed E-state index contributed by atoms with van der Waals surface area (Å²) in [7, 11) is 0. The van der Waals surface area contributed by atoms with Crippen molar-refractivity contribution >= 4 is 26.8 Å². The van der Waals surface area contributed by atoms with Gasteiger partial charge in [-0.1, -0.05) is 15.9 Å². The summed E-state index contributed by atoms with van der Waals surface area (Å²) in [6.45, 7) is 3.53. The van der Waals surface area contributed by atoms with Gasteiger partial charge in [-0.25, -0.2) is 9.78 Å². The van der Waals surface area contributed by atoms with E-state index in [1.807, 2.05) is 13.0 Å². The Balaban J connectivity index is 3.03. The van der Waals surface area contributed by atoms with Crippen LogP contribution in [0.15, 0.2) is 25.8 Å². The van der Waals surface area contributed by atoms with Gasteiger partial charge in [-0.15, -0.1) is 0 Å². The van der Waals surface area contributed by atoms with E-state index < -0.39 is 0 Å². The molecule has 0 aliphatic heterocycles. The molecule has 1 aromatic carbocycles. The van der Waals surface area contributed by atoms with Crippen molar-refractivity contribution in [1.82, 2.24) is 4.98 Å². The van der Waals surface area contributed by atoms with Crippen LogP contribution >= 0.6 is 15.9 Å². The fourth-order valence-electron chi connectivity index (χ4n) is 1.40. The van der Waals surface area contributed by atoms with Crippen LogP contribution in [0.2, 0.25) is 0 Å². The number of halogens is 1. The molecule has 0 aliphatic carbocycles. The molecule has 0 saturated heterocycles. The van der Waals surface area contributed by atoms with Crippen LogP contribution in [0, 0.1) is 13.8 Å². The molecule has 4 heteroatoms. The number of aryl methyl sites for hydroxylation is 2. The summed E-state index contributed by atoms with van der Waals surface area (Å²) in [5.74, 6) is 0.393. The first-order valence-electron chi connectivity index (χ1n) is 4.16. The van der Waals surface area contributed by atoms with Gasteiger partial charge in [-0.2, -0.15) is 0 Å². The van der Waals surface area contributed by atoms with Crippen molar-refractivity contribution in [3.05, 3.63) is 38.5 Å². The summed E-state index contributed by atoms with van der Waals surface area (Å²) in [6, 6.07) is 3.68. The van der Waals surface area contributed by atoms with E-state index in [-0.39, 0.29) is 5.63 Å². The van der Waals surface area contributed by atoms with Crippen molar-refractivity contribution < 1.29 is 4.42 Å². The van der Waals surface area contributed by atoms with E-state index in [1.165, 1.54) is 0 Å². The van der Waals surface area contributed by atoms with E-state index in [1.54, 1.807) is 13.0 Å². The summed E-state index contributed by atoms with van der Waals surface area (Å²) in [4.78, 5) is 15.7. The monoisotopic (exact) mass is 253 g/mol. The average Bonchev–Trinajstić information content (AvgIpc) is 2.10. The number of benzene rings is 1. The molecule has 1 aromatic heterocycles. The van der Waals surface area contributed by atoms with Gasteiger partial charge in [0.2, 0.25) is 0 Å². The van der Waals surface area contributed by atoms with Crippen LogP contribution < -0.4 is 5.63 Å². The van der Waals surface area contributed by atoms with E-state index in [2.05, 4.69) is 20.9 Å². The maximum atomic E-state index is 11.5. The molecular weight excluding hydrogens is 246 g/mol. The van der Waals surface area contributed by atoms with E-state index in [4.69, 9.17) is 4.42 Å². The third-order valence-electron chi connectivity index (χ3n) is 2.10. The van der Waals surface area contributed by atoms with Gasteiger partial charge in [0, 0.05) is 11.4 Å². The van der Waals surface area contributed by atoms with Crippen molar-refractivity contribution in [1.29, 1.82) is 0 Å². The van der Waals surface area contributed by atoms with Crippen LogP contribution in [-0.2, 0) is 0 Å². The second kappa shape index (κ2) is 3.20. The second-order valence-corrected chi connectivity index (χ2v) is 3.94. The molecular formula is C10H8BrNO2. The molecule has 0 amide bonds. The fraction of sp³-hybridized carbons (Fsp3) is 0.200. The Kier molecular flexibility index (Phi) is 2.15. The SMILES string of the molecule is Cc1nc2ccc(Br)c(C)c2c(=O)o1. The van der Waals surface area contributed by atoms with Crippen molar-refractivity contribution in [3.63, 3.8) is 0 Å². The van der Waals surface area contributed by atoms with Crippen LogP contribution in [-0.4, -0.2) is 4.98 Å². The standard InChI is InChI=1S/C10H8BrNO2/c1-5-7(11)3-4-8-9(5)10(13)14-6(2)12-8/h3-4H,1-2H3. The van der Waals surface area contributed by atoms with Gasteiger partial charge >= 0.3 is 5.63 Å². The zero-order valence-electron chi connectivity index (χ0n) is 7.80. The van der Waals surface area contributed by atoms with Crippen molar-refractivity contribution in [2.24, 2.45) is 0 Å². The zero-order chi connectivity index (χ0) is 10.3. The fourth-order valence-corrected chi connectivity index (χ4v) is 1.73. The molecule has 0 radical (unpaired) electrons. The molecule has 0 aliphatic rings. The lowest BCUT2D eigenvalue weighted by molar-refractivity contribution is 0.467. The summed E-state index contributed by atoms with van der Waals surface area (Å²) >= 11 is 3.36. The highest BCUT2D eigenvalue weighted by atomic mass is 79.9. The highest BCUT2D eigenvalue weighted by molar-refractivity contribution is 9.10. The lowest BCUT2D eigenvalue weighted by atomic mass is 10.1. The number of fused-ring (bicyclic) bond motifs is 1. The molecule has 1 heterocycles. The third kappa shape index (κ3) is 1.35. The van der Waals surface area contributed by atoms with Crippen LogP contribution in [0.4, 0.5) is 0 Å². The topological polar surface area (TPSA) is 43.1 Å². The minimum atomic E-state index is -0.327. The molecule has 0 spiro atoms. The average molecular weight is 254 g/mol. The first kappa shape index (κ1) is 9.40. The summed E-state index contributed by atoms with van der Waals surface area (Å²) < 4.78 is 5.83. The van der Waals surface area contributed by atoms with Crippen LogP contribution in [0.1, 0.15) is 11.5 Å². The van der Waals surface area contributed by atoms with E-state index in [0.29, 0.717) is 16.8 Å². The molecule has 3 nitrogen and oxygen atoms in total. The minimum absolute atomic E-state index is 0.327. The Hall–Kier alpha value is -1.16. The molecule has 0 N–H and O–H groups in total. The van der Waals surface area contributed by atoms with Gasteiger partial charge < -0.3 is 4.42 Å². The normalized spacial score (nSPS) is 10.8. The molecule has 0 saturated carbocycles. The predicted molar refractivity (Wildman–Crippen MR) is 57.5 cm³/mol. The Bertz CT molecular complexity index is 560. The van der Waals surface area contributed by atoms with Crippen molar-refractivity contribution in [2.45, 2.75) is 13.8 Å². The minimum Gasteiger partial charge on any atom is -0.408 e. The Labute approximate surface area is 88.9 Å². The zero-order valence-corrected chi connectivity index (χ0v) is 9.38. The second-order valence-electron chi connectivity index (χ2n) is 3.09. The smallest absolute Gasteiger partial charge is 0.347 e. The molecule has 2 aromatic rings. The summed E-state index contributed by atoms with van der Waals surface area (Å²) in [6.07, 6.45) is 0. The van der Waals surface area contributed by atoms with Gasteiger partial charge in [-0.3, -0.25) is 0 Å². The summed E-state index contributed by atoms with van der Waals surface area (Å²) in [5, 5.41) is 0.546. The molecule has 72 valence electrons. The molecule has 2 rings (SSSR count). The largest absolute Gasteiger partial charge is 0.408 e. The molecule has 0 atom stereocenters. The number of aromatic nitrogens is 1. The molecule has 0 bridgehead atoms. The van der Waals surface area contributed by atoms with Gasteiger partial charge in [0.25, 0.3) is 0 Å². The van der Waals surface area contributed by atoms with Crippen molar-refractivity contribution in [3.8, 4) is 0 Å². The van der Waals surface area contributed by atoms with Crippen LogP contribution in [0.25, 0.3) is 10.9 Å². The quantitative estimate of drug-likeness (QED) is 0.725. The first-order chi connectivity index (χ1) is 6.59. The number of hydrogen-bond acceptors (Lipinski definition) is 3. The Morgan fingerprint density at radius 2 is 2.07 bits per heavy atom. The van der Waals surface area contributed by atoms with Gasteiger partial charge in [-0.05, 0) is 24.6 Å². The number of nitrogens with zero attached hydrogens (tertiary/aromatic N) is 1. The Morgan fingerprint density at radius 1 is 1.36 bits per heavy atom. The van der Waals surface area contributed by atoms with Gasteiger partial charge in [0.15, 0.2) is 5.89 Å². The van der Waals surface area contributed by atoms with E-state index in [9.17, 15) is 4.79 Å². The molecule has 14 heavy (non-hydrogen) atoms. The number of hydrogen-bond donors (Lipinski definition) is 0. The van der Waals surface area contributed by atoms with Gasteiger partial charge in [0.05, 0.1) is 10.9 Å². The molecule has 0 fully saturated rings. The van der Waals surface area contributed by atoms with E-state index >= 15 is 0 Å². The maximum absolute atomic E-state index is 11.5.